The third-order valence-electron chi connectivity index (χ3n) is 6.38. The zero-order valence-electron chi connectivity index (χ0n) is 17.5. The molecular weight excluding hydrogens is 364 g/mol. The van der Waals surface area contributed by atoms with Crippen LogP contribution in [0.5, 0.6) is 0 Å². The Morgan fingerprint density at radius 1 is 1.14 bits per heavy atom. The molecule has 0 saturated carbocycles. The number of aromatic nitrogens is 1. The largest absolute Gasteiger partial charge is 0.370 e. The highest BCUT2D eigenvalue weighted by atomic mass is 16.5. The highest BCUT2D eigenvalue weighted by Gasteiger charge is 2.32. The van der Waals surface area contributed by atoms with Crippen molar-refractivity contribution in [3.63, 3.8) is 0 Å². The fourth-order valence-electron chi connectivity index (χ4n) is 4.69. The molecule has 0 radical (unpaired) electrons. The summed E-state index contributed by atoms with van der Waals surface area (Å²) in [5.41, 5.74) is 3.85. The molecule has 2 atom stereocenters. The van der Waals surface area contributed by atoms with Crippen molar-refractivity contribution in [3.8, 4) is 0 Å². The average Bonchev–Trinajstić information content (AvgIpc) is 3.36. The fraction of sp³-hybridized carbons (Fsp3) is 0.522. The Hall–Kier alpha value is -2.15. The first kappa shape index (κ1) is 20.1. The first-order chi connectivity index (χ1) is 14.2. The molecule has 1 amide bonds. The van der Waals surface area contributed by atoms with Crippen molar-refractivity contribution in [1.82, 2.24) is 9.88 Å². The van der Waals surface area contributed by atoms with Crippen molar-refractivity contribution in [2.24, 2.45) is 7.05 Å². The Balaban J connectivity index is 1.24. The van der Waals surface area contributed by atoms with Crippen LogP contribution in [-0.2, 0) is 29.7 Å². The van der Waals surface area contributed by atoms with Gasteiger partial charge in [0, 0.05) is 38.2 Å². The van der Waals surface area contributed by atoms with Crippen LogP contribution >= 0.6 is 0 Å². The number of hydrogen-bond donors (Lipinski definition) is 3. The number of quaternary nitrogens is 2. The topological polar surface area (TPSA) is 52.1 Å². The number of aryl methyl sites for hydroxylation is 1. The SMILES string of the molecule is Cn1cccc1[C@@H]1CCC[NH+]1CC(=O)NCc1ccc(C[NH+]2CCOCC2)cc1. The smallest absolute Gasteiger partial charge is 0.275 e. The van der Waals surface area contributed by atoms with Gasteiger partial charge >= 0.3 is 0 Å². The fourth-order valence-corrected chi connectivity index (χ4v) is 4.69. The summed E-state index contributed by atoms with van der Waals surface area (Å²) in [6, 6.07) is 13.4. The number of amides is 1. The van der Waals surface area contributed by atoms with Crippen LogP contribution in [0.4, 0.5) is 0 Å². The summed E-state index contributed by atoms with van der Waals surface area (Å²) in [4.78, 5) is 15.5. The highest BCUT2D eigenvalue weighted by Crippen LogP contribution is 2.18. The molecule has 2 aromatic rings. The van der Waals surface area contributed by atoms with E-state index in [0.29, 0.717) is 19.1 Å². The van der Waals surface area contributed by atoms with E-state index in [0.717, 1.165) is 51.4 Å². The zero-order chi connectivity index (χ0) is 20.1. The number of likely N-dealkylation sites (tertiary alicyclic amines) is 1. The lowest BCUT2D eigenvalue weighted by atomic mass is 10.1. The molecule has 0 bridgehead atoms. The molecule has 29 heavy (non-hydrogen) atoms. The van der Waals surface area contributed by atoms with Gasteiger partial charge in [-0.1, -0.05) is 24.3 Å². The van der Waals surface area contributed by atoms with E-state index in [-0.39, 0.29) is 5.91 Å². The predicted molar refractivity (Wildman–Crippen MR) is 112 cm³/mol. The van der Waals surface area contributed by atoms with Gasteiger partial charge in [0.15, 0.2) is 6.54 Å². The third-order valence-corrected chi connectivity index (χ3v) is 6.38. The minimum Gasteiger partial charge on any atom is -0.370 e. The Bertz CT molecular complexity index is 795. The van der Waals surface area contributed by atoms with Gasteiger partial charge in [-0.25, -0.2) is 0 Å². The van der Waals surface area contributed by atoms with Crippen LogP contribution in [0, 0.1) is 0 Å². The Kier molecular flexibility index (Phi) is 6.64. The highest BCUT2D eigenvalue weighted by molar-refractivity contribution is 5.76. The van der Waals surface area contributed by atoms with Crippen molar-refractivity contribution < 1.29 is 19.3 Å². The number of hydrogen-bond acceptors (Lipinski definition) is 2. The minimum absolute atomic E-state index is 0.142. The van der Waals surface area contributed by atoms with E-state index in [1.54, 1.807) is 4.90 Å². The van der Waals surface area contributed by atoms with Gasteiger partial charge in [0.25, 0.3) is 5.91 Å². The van der Waals surface area contributed by atoms with Crippen LogP contribution in [0.25, 0.3) is 0 Å². The van der Waals surface area contributed by atoms with Crippen molar-refractivity contribution in [1.29, 1.82) is 0 Å². The molecule has 6 heteroatoms. The summed E-state index contributed by atoms with van der Waals surface area (Å²) >= 11 is 0. The van der Waals surface area contributed by atoms with Crippen molar-refractivity contribution >= 4 is 5.91 Å². The molecule has 1 aromatic heterocycles. The van der Waals surface area contributed by atoms with Crippen molar-refractivity contribution in [2.45, 2.75) is 32.0 Å². The molecule has 2 fully saturated rings. The lowest BCUT2D eigenvalue weighted by Gasteiger charge is -2.23. The molecule has 1 unspecified atom stereocenters. The van der Waals surface area contributed by atoms with Gasteiger partial charge in [0.1, 0.15) is 25.7 Å². The molecule has 0 aliphatic carbocycles. The number of nitrogens with zero attached hydrogens (tertiary/aromatic N) is 1. The second-order valence-electron chi connectivity index (χ2n) is 8.46. The molecule has 2 aliphatic heterocycles. The molecule has 2 aliphatic rings. The number of carbonyl (C=O) groups is 1. The van der Waals surface area contributed by atoms with Crippen LogP contribution in [0.15, 0.2) is 42.6 Å². The van der Waals surface area contributed by atoms with Gasteiger partial charge in [-0.2, -0.15) is 0 Å². The van der Waals surface area contributed by atoms with Crippen LogP contribution in [0.2, 0.25) is 0 Å². The number of carbonyl (C=O) groups excluding carboxylic acids is 1. The second kappa shape index (κ2) is 9.57. The number of rotatable bonds is 7. The van der Waals surface area contributed by atoms with Crippen LogP contribution in [0.3, 0.4) is 0 Å². The maximum Gasteiger partial charge on any atom is 0.275 e. The molecular formula is C23H34N4O2+2. The molecule has 156 valence electrons. The Morgan fingerprint density at radius 3 is 2.62 bits per heavy atom. The van der Waals surface area contributed by atoms with Gasteiger partial charge in [-0.05, 0) is 17.7 Å². The molecule has 6 nitrogen and oxygen atoms in total. The minimum atomic E-state index is 0.142. The maximum absolute atomic E-state index is 12.5. The summed E-state index contributed by atoms with van der Waals surface area (Å²) in [6.07, 6.45) is 4.44. The second-order valence-corrected chi connectivity index (χ2v) is 8.46. The van der Waals surface area contributed by atoms with Crippen LogP contribution in [0.1, 0.15) is 35.7 Å². The van der Waals surface area contributed by atoms with Gasteiger partial charge in [-0.3, -0.25) is 4.79 Å². The first-order valence-electron chi connectivity index (χ1n) is 10.9. The van der Waals surface area contributed by atoms with E-state index in [1.165, 1.54) is 22.6 Å². The van der Waals surface area contributed by atoms with E-state index in [2.05, 4.69) is 59.5 Å². The summed E-state index contributed by atoms with van der Waals surface area (Å²) < 4.78 is 7.62. The summed E-state index contributed by atoms with van der Waals surface area (Å²) in [5.74, 6) is 0.142. The van der Waals surface area contributed by atoms with Gasteiger partial charge in [-0.15, -0.1) is 0 Å². The summed E-state index contributed by atoms with van der Waals surface area (Å²) in [5, 5.41) is 3.12. The third kappa shape index (κ3) is 5.26. The van der Waals surface area contributed by atoms with E-state index < -0.39 is 0 Å². The molecule has 4 rings (SSSR count). The summed E-state index contributed by atoms with van der Waals surface area (Å²) in [7, 11) is 2.09. The zero-order valence-corrected chi connectivity index (χ0v) is 17.5. The van der Waals surface area contributed by atoms with Gasteiger partial charge < -0.3 is 24.4 Å². The van der Waals surface area contributed by atoms with Gasteiger partial charge in [0.2, 0.25) is 0 Å². The summed E-state index contributed by atoms with van der Waals surface area (Å²) in [6.45, 7) is 7.17. The quantitative estimate of drug-likeness (QED) is 0.588. The standard InChI is InChI=1S/C23H32N4O2/c1-25-10-2-4-21(25)22-5-3-11-27(22)18-23(28)24-16-19-6-8-20(9-7-19)17-26-12-14-29-15-13-26/h2,4,6-10,22H,3,5,11-18H2,1H3,(H,24,28)/p+2/t22-/m0/s1. The molecule has 3 N–H and O–H groups in total. The average molecular weight is 399 g/mol. The number of benzene rings is 1. The van der Waals surface area contributed by atoms with E-state index in [1.807, 2.05) is 0 Å². The maximum atomic E-state index is 12.5. The number of ether oxygens (including phenoxy) is 1. The lowest BCUT2D eigenvalue weighted by Crippen LogP contribution is -3.12. The van der Waals surface area contributed by atoms with Crippen LogP contribution < -0.4 is 15.1 Å². The number of nitrogens with one attached hydrogen (secondary N) is 3. The first-order valence-corrected chi connectivity index (χ1v) is 10.9. The normalized spacial score (nSPS) is 22.7. The Labute approximate surface area is 173 Å². The lowest BCUT2D eigenvalue weighted by molar-refractivity contribution is -0.921. The van der Waals surface area contributed by atoms with Crippen molar-refractivity contribution in [3.05, 3.63) is 59.4 Å². The number of morpholine rings is 1. The molecule has 3 heterocycles. The Morgan fingerprint density at radius 2 is 1.90 bits per heavy atom. The molecule has 2 saturated heterocycles. The van der Waals surface area contributed by atoms with E-state index in [4.69, 9.17) is 4.74 Å². The van der Waals surface area contributed by atoms with Crippen molar-refractivity contribution in [2.75, 3.05) is 39.4 Å². The van der Waals surface area contributed by atoms with Gasteiger partial charge in [0.05, 0.1) is 25.5 Å². The van der Waals surface area contributed by atoms with E-state index in [9.17, 15) is 4.79 Å². The van der Waals surface area contributed by atoms with Crippen LogP contribution in [-0.4, -0.2) is 49.9 Å². The monoisotopic (exact) mass is 398 g/mol. The predicted octanol–water partition coefficient (Wildman–Crippen LogP) is -0.524. The molecule has 1 aromatic carbocycles. The molecule has 0 spiro atoms. The van der Waals surface area contributed by atoms with E-state index >= 15 is 0 Å².